The van der Waals surface area contributed by atoms with Crippen molar-refractivity contribution in [2.24, 2.45) is 0 Å². The molecule has 6 heteroatoms. The van der Waals surface area contributed by atoms with Gasteiger partial charge in [-0.15, -0.1) is 0 Å². The number of para-hydroxylation sites is 1. The lowest BCUT2D eigenvalue weighted by Crippen LogP contribution is -2.00. The van der Waals surface area contributed by atoms with Gasteiger partial charge in [-0.1, -0.05) is 152 Å². The van der Waals surface area contributed by atoms with Gasteiger partial charge in [0.1, 0.15) is 17.5 Å². The zero-order valence-electron chi connectivity index (χ0n) is 28.4. The Morgan fingerprint density at radius 3 is 1.45 bits per heavy atom. The smallest absolute Gasteiger partial charge is 0.164 e. The fraction of sp³-hybridized carbons (Fsp3) is 0. The normalized spacial score (nSPS) is 11.4. The molecule has 0 aliphatic heterocycles. The van der Waals surface area contributed by atoms with Crippen LogP contribution in [0.25, 0.3) is 100 Å². The van der Waals surface area contributed by atoms with Crippen LogP contribution in [0.3, 0.4) is 0 Å². The molecule has 0 saturated heterocycles. The van der Waals surface area contributed by atoms with Crippen LogP contribution in [-0.2, 0) is 0 Å². The first-order valence-corrected chi connectivity index (χ1v) is 17.5. The molecule has 0 spiro atoms. The van der Waals surface area contributed by atoms with Crippen LogP contribution in [0.5, 0.6) is 0 Å². The van der Waals surface area contributed by atoms with Gasteiger partial charge in [-0.25, -0.2) is 24.9 Å². The summed E-state index contributed by atoms with van der Waals surface area (Å²) in [6.07, 6.45) is 3.46. The van der Waals surface area contributed by atoms with E-state index in [4.69, 9.17) is 19.4 Å². The first kappa shape index (κ1) is 30.5. The van der Waals surface area contributed by atoms with Gasteiger partial charge in [0.15, 0.2) is 17.5 Å². The van der Waals surface area contributed by atoms with Crippen molar-refractivity contribution in [1.82, 2.24) is 24.9 Å². The maximum atomic E-state index is 6.44. The van der Waals surface area contributed by atoms with E-state index in [1.165, 1.54) is 5.56 Å². The van der Waals surface area contributed by atoms with Crippen molar-refractivity contribution in [1.29, 1.82) is 0 Å². The average molecular weight is 680 g/mol. The molecule has 0 saturated carbocycles. The Balaban J connectivity index is 0.989. The lowest BCUT2D eigenvalue weighted by Gasteiger charge is -2.10. The quantitative estimate of drug-likeness (QED) is 0.174. The van der Waals surface area contributed by atoms with E-state index in [2.05, 4.69) is 119 Å². The SMILES string of the molecule is c1ccc(-c2ccc(-c3nc(-c4ccccc4)nc(-c4ccc(-c5ccc(-c6cc7cncnc7c7c6oc6ccccc67)cc5)cc4)n3)cc2)cc1. The minimum absolute atomic E-state index is 0.623. The fourth-order valence-corrected chi connectivity index (χ4v) is 7.01. The molecule has 53 heavy (non-hydrogen) atoms. The predicted molar refractivity (Wildman–Crippen MR) is 213 cm³/mol. The lowest BCUT2D eigenvalue weighted by atomic mass is 9.97. The summed E-state index contributed by atoms with van der Waals surface area (Å²) < 4.78 is 6.44. The summed E-state index contributed by atoms with van der Waals surface area (Å²) in [4.78, 5) is 23.7. The highest BCUT2D eigenvalue weighted by molar-refractivity contribution is 6.21. The van der Waals surface area contributed by atoms with E-state index in [0.29, 0.717) is 17.5 Å². The van der Waals surface area contributed by atoms with E-state index in [1.54, 1.807) is 6.33 Å². The molecule has 0 N–H and O–H groups in total. The molecule has 0 atom stereocenters. The van der Waals surface area contributed by atoms with Gasteiger partial charge in [0.2, 0.25) is 0 Å². The summed E-state index contributed by atoms with van der Waals surface area (Å²) in [5, 5.41) is 3.03. The summed E-state index contributed by atoms with van der Waals surface area (Å²) in [5.74, 6) is 1.89. The summed E-state index contributed by atoms with van der Waals surface area (Å²) in [5.41, 5.74) is 11.9. The van der Waals surface area contributed by atoms with Crippen molar-refractivity contribution in [2.75, 3.05) is 0 Å². The number of fused-ring (bicyclic) bond motifs is 5. The Morgan fingerprint density at radius 1 is 0.415 bits per heavy atom. The molecule has 0 unspecified atom stereocenters. The Morgan fingerprint density at radius 2 is 0.868 bits per heavy atom. The van der Waals surface area contributed by atoms with E-state index in [-0.39, 0.29) is 0 Å². The van der Waals surface area contributed by atoms with Crippen molar-refractivity contribution < 1.29 is 4.42 Å². The molecule has 10 rings (SSSR count). The van der Waals surface area contributed by atoms with E-state index in [0.717, 1.165) is 77.3 Å². The number of aromatic nitrogens is 5. The molecule has 10 aromatic rings. The first-order valence-electron chi connectivity index (χ1n) is 17.5. The maximum Gasteiger partial charge on any atom is 0.164 e. The minimum atomic E-state index is 0.623. The van der Waals surface area contributed by atoms with Crippen molar-refractivity contribution >= 4 is 32.8 Å². The Labute approximate surface area is 305 Å². The molecule has 3 heterocycles. The third-order valence-corrected chi connectivity index (χ3v) is 9.71. The molecule has 0 amide bonds. The molecule has 248 valence electrons. The first-order chi connectivity index (χ1) is 26.2. The van der Waals surface area contributed by atoms with Crippen LogP contribution >= 0.6 is 0 Å². The second-order valence-corrected chi connectivity index (χ2v) is 13.0. The lowest BCUT2D eigenvalue weighted by molar-refractivity contribution is 0.670. The number of benzene rings is 7. The fourth-order valence-electron chi connectivity index (χ4n) is 7.01. The van der Waals surface area contributed by atoms with Crippen LogP contribution in [0.2, 0.25) is 0 Å². The highest BCUT2D eigenvalue weighted by Gasteiger charge is 2.18. The highest BCUT2D eigenvalue weighted by Crippen LogP contribution is 2.40. The number of rotatable bonds is 6. The van der Waals surface area contributed by atoms with E-state index in [1.807, 2.05) is 60.8 Å². The van der Waals surface area contributed by atoms with Crippen LogP contribution < -0.4 is 0 Å². The van der Waals surface area contributed by atoms with Gasteiger partial charge in [0.05, 0.1) is 10.9 Å². The topological polar surface area (TPSA) is 77.6 Å². The van der Waals surface area contributed by atoms with Gasteiger partial charge in [-0.3, -0.25) is 0 Å². The van der Waals surface area contributed by atoms with E-state index < -0.39 is 0 Å². The largest absolute Gasteiger partial charge is 0.455 e. The molecule has 0 bridgehead atoms. The molecule has 6 nitrogen and oxygen atoms in total. The predicted octanol–water partition coefficient (Wildman–Crippen LogP) is 11.7. The van der Waals surface area contributed by atoms with Gasteiger partial charge in [0.25, 0.3) is 0 Å². The molecular weight excluding hydrogens is 651 g/mol. The van der Waals surface area contributed by atoms with E-state index in [9.17, 15) is 0 Å². The summed E-state index contributed by atoms with van der Waals surface area (Å²) in [6, 6.07) is 56.0. The maximum absolute atomic E-state index is 6.44. The Hall–Kier alpha value is -7.31. The average Bonchev–Trinajstić information content (AvgIpc) is 3.64. The Kier molecular flexibility index (Phi) is 7.36. The second-order valence-electron chi connectivity index (χ2n) is 13.0. The standard InChI is InChI=1S/C47H29N5O/c1-3-9-30(10-4-1)31-17-23-36(24-18-31)46-50-45(35-11-5-2-6-12-35)51-47(52-46)37-25-19-33(20-26-37)32-15-21-34(22-16-32)40-27-38-28-48-29-49-43(38)42-39-13-7-8-14-41(39)53-44(40)42/h1-29H. The molecular formula is C47H29N5O. The molecule has 0 fully saturated rings. The summed E-state index contributed by atoms with van der Waals surface area (Å²) in [7, 11) is 0. The van der Waals surface area contributed by atoms with Gasteiger partial charge in [-0.2, -0.15) is 0 Å². The number of hydrogen-bond acceptors (Lipinski definition) is 6. The third-order valence-electron chi connectivity index (χ3n) is 9.71. The monoisotopic (exact) mass is 679 g/mol. The van der Waals surface area contributed by atoms with Crippen molar-refractivity contribution in [3.05, 3.63) is 176 Å². The summed E-state index contributed by atoms with van der Waals surface area (Å²) >= 11 is 0. The van der Waals surface area contributed by atoms with Gasteiger partial charge < -0.3 is 4.42 Å². The molecule has 7 aromatic carbocycles. The van der Waals surface area contributed by atoms with Crippen molar-refractivity contribution in [3.63, 3.8) is 0 Å². The number of hydrogen-bond donors (Lipinski definition) is 0. The molecule has 3 aromatic heterocycles. The third kappa shape index (κ3) is 5.59. The second kappa shape index (κ2) is 12.8. The van der Waals surface area contributed by atoms with E-state index >= 15 is 0 Å². The van der Waals surface area contributed by atoms with Crippen LogP contribution in [0.4, 0.5) is 0 Å². The Bertz CT molecular complexity index is 2900. The minimum Gasteiger partial charge on any atom is -0.455 e. The molecule has 0 aliphatic carbocycles. The van der Waals surface area contributed by atoms with Crippen LogP contribution in [-0.4, -0.2) is 24.9 Å². The van der Waals surface area contributed by atoms with Gasteiger partial charge >= 0.3 is 0 Å². The van der Waals surface area contributed by atoms with Gasteiger partial charge in [-0.05, 0) is 39.9 Å². The zero-order valence-corrected chi connectivity index (χ0v) is 28.4. The molecule has 0 radical (unpaired) electrons. The van der Waals surface area contributed by atoms with Crippen molar-refractivity contribution in [2.45, 2.75) is 0 Å². The van der Waals surface area contributed by atoms with Crippen LogP contribution in [0, 0.1) is 0 Å². The van der Waals surface area contributed by atoms with Crippen molar-refractivity contribution in [3.8, 4) is 67.5 Å². The van der Waals surface area contributed by atoms with Gasteiger partial charge in [0, 0.05) is 39.2 Å². The number of nitrogens with zero attached hydrogens (tertiary/aromatic N) is 5. The molecule has 0 aliphatic rings. The zero-order chi connectivity index (χ0) is 35.1. The number of furan rings is 1. The summed E-state index contributed by atoms with van der Waals surface area (Å²) in [6.45, 7) is 0. The van der Waals surface area contributed by atoms with Crippen LogP contribution in [0.15, 0.2) is 181 Å². The highest BCUT2D eigenvalue weighted by atomic mass is 16.3. The van der Waals surface area contributed by atoms with Crippen LogP contribution in [0.1, 0.15) is 0 Å².